The van der Waals surface area contributed by atoms with Gasteiger partial charge in [-0.05, 0) is 49.1 Å². The molecule has 0 unspecified atom stereocenters. The molecule has 3 aromatic rings. The Labute approximate surface area is 223 Å². The number of carbonyl (C=O) groups excluding carboxylic acids is 2. The Bertz CT molecular complexity index is 1360. The average molecular weight is 538 g/mol. The van der Waals surface area contributed by atoms with Crippen molar-refractivity contribution in [2.75, 3.05) is 13.2 Å². The molecule has 190 valence electrons. The minimum atomic E-state index is -0.968. The van der Waals surface area contributed by atoms with Crippen LogP contribution in [-0.2, 0) is 14.3 Å². The Morgan fingerprint density at radius 3 is 2.62 bits per heavy atom. The molecule has 2 heterocycles. The molecule has 0 amide bonds. The van der Waals surface area contributed by atoms with Crippen LogP contribution < -0.4 is 10.1 Å². The van der Waals surface area contributed by atoms with Gasteiger partial charge in [-0.25, -0.2) is 9.18 Å². The van der Waals surface area contributed by atoms with E-state index in [4.69, 9.17) is 21.1 Å². The van der Waals surface area contributed by atoms with Gasteiger partial charge in [-0.15, -0.1) is 11.3 Å². The maximum atomic E-state index is 15.2. The van der Waals surface area contributed by atoms with Gasteiger partial charge in [0, 0.05) is 44.8 Å². The lowest BCUT2D eigenvalue weighted by atomic mass is 9.72. The highest BCUT2D eigenvalue weighted by molar-refractivity contribution is 7.10. The van der Waals surface area contributed by atoms with Crippen LogP contribution in [-0.4, -0.2) is 25.0 Å². The van der Waals surface area contributed by atoms with Crippen molar-refractivity contribution in [3.63, 3.8) is 0 Å². The van der Waals surface area contributed by atoms with Gasteiger partial charge in [0.2, 0.25) is 0 Å². The summed E-state index contributed by atoms with van der Waals surface area (Å²) in [6.45, 7) is 1.88. The highest BCUT2D eigenvalue weighted by atomic mass is 35.5. The minimum absolute atomic E-state index is 0.0114. The summed E-state index contributed by atoms with van der Waals surface area (Å²) in [6, 6.07) is 17.5. The number of nitrogens with one attached hydrogen (secondary N) is 1. The Morgan fingerprint density at radius 1 is 1.08 bits per heavy atom. The second-order valence-corrected chi connectivity index (χ2v) is 10.4. The summed E-state index contributed by atoms with van der Waals surface area (Å²) in [5, 5.41) is 5.41. The number of thiophene rings is 1. The Hall–Kier alpha value is -3.42. The van der Waals surface area contributed by atoms with Crippen molar-refractivity contribution in [3.8, 4) is 5.75 Å². The van der Waals surface area contributed by atoms with Crippen LogP contribution >= 0.6 is 22.9 Å². The van der Waals surface area contributed by atoms with Crippen LogP contribution in [0.2, 0.25) is 5.02 Å². The number of esters is 1. The summed E-state index contributed by atoms with van der Waals surface area (Å²) in [7, 11) is 0. The van der Waals surface area contributed by atoms with Crippen molar-refractivity contribution in [2.24, 2.45) is 0 Å². The van der Waals surface area contributed by atoms with E-state index in [0.717, 1.165) is 4.88 Å². The lowest BCUT2D eigenvalue weighted by molar-refractivity contribution is -0.140. The minimum Gasteiger partial charge on any atom is -0.490 e. The molecule has 0 saturated carbocycles. The summed E-state index contributed by atoms with van der Waals surface area (Å²) < 4.78 is 26.4. The third kappa shape index (κ3) is 5.20. The molecule has 0 saturated heterocycles. The van der Waals surface area contributed by atoms with E-state index in [2.05, 4.69) is 5.32 Å². The molecule has 0 radical (unpaired) electrons. The molecular weight excluding hydrogens is 513 g/mol. The summed E-state index contributed by atoms with van der Waals surface area (Å²) in [4.78, 5) is 28.1. The predicted octanol–water partition coefficient (Wildman–Crippen LogP) is 6.52. The lowest BCUT2D eigenvalue weighted by Crippen LogP contribution is -2.36. The number of hydrogen-bond acceptors (Lipinski definition) is 6. The summed E-state index contributed by atoms with van der Waals surface area (Å²) >= 11 is 8.08. The van der Waals surface area contributed by atoms with Gasteiger partial charge in [-0.1, -0.05) is 41.9 Å². The molecule has 37 heavy (non-hydrogen) atoms. The molecule has 2 atom stereocenters. The Balaban J connectivity index is 1.45. The first-order chi connectivity index (χ1) is 17.9. The number of ether oxygens (including phenoxy) is 2. The second kappa shape index (κ2) is 10.9. The second-order valence-electron chi connectivity index (χ2n) is 8.97. The fourth-order valence-electron chi connectivity index (χ4n) is 5.00. The van der Waals surface area contributed by atoms with Gasteiger partial charge >= 0.3 is 5.97 Å². The first-order valence-electron chi connectivity index (χ1n) is 12.0. The summed E-state index contributed by atoms with van der Waals surface area (Å²) in [6.07, 6.45) is 0.852. The molecule has 5 rings (SSSR count). The SMILES string of the molecule is CC1=C(C(=O)OCCOc2ccccc2)[C@@H](c2c(F)cccc2Cl)C2=C(C[C@H](c3cccs3)CC2=O)N1. The smallest absolute Gasteiger partial charge is 0.336 e. The number of dihydropyridines is 1. The lowest BCUT2D eigenvalue weighted by Gasteiger charge is -2.36. The van der Waals surface area contributed by atoms with Crippen molar-refractivity contribution in [1.29, 1.82) is 0 Å². The Morgan fingerprint density at radius 2 is 1.89 bits per heavy atom. The number of halogens is 2. The van der Waals surface area contributed by atoms with E-state index in [1.807, 2.05) is 47.8 Å². The van der Waals surface area contributed by atoms with Crippen LogP contribution in [0.25, 0.3) is 0 Å². The van der Waals surface area contributed by atoms with E-state index < -0.39 is 17.7 Å². The molecule has 1 aliphatic carbocycles. The normalized spacial score (nSPS) is 19.4. The van der Waals surface area contributed by atoms with Crippen LogP contribution in [0.3, 0.4) is 0 Å². The highest BCUT2D eigenvalue weighted by Crippen LogP contribution is 2.48. The van der Waals surface area contributed by atoms with Gasteiger partial charge < -0.3 is 14.8 Å². The largest absolute Gasteiger partial charge is 0.490 e. The van der Waals surface area contributed by atoms with Crippen molar-refractivity contribution >= 4 is 34.7 Å². The van der Waals surface area contributed by atoms with Crippen LogP contribution in [0.1, 0.15) is 42.0 Å². The van der Waals surface area contributed by atoms with Gasteiger partial charge in [0.05, 0.1) is 11.5 Å². The first kappa shape index (κ1) is 25.2. The van der Waals surface area contributed by atoms with E-state index in [1.165, 1.54) is 12.1 Å². The van der Waals surface area contributed by atoms with Crippen molar-refractivity contribution in [1.82, 2.24) is 5.32 Å². The Kier molecular flexibility index (Phi) is 7.44. The van der Waals surface area contributed by atoms with Gasteiger partial charge in [0.1, 0.15) is 24.8 Å². The molecule has 1 N–H and O–H groups in total. The summed E-state index contributed by atoms with van der Waals surface area (Å²) in [5.74, 6) is -1.65. The maximum absolute atomic E-state index is 15.2. The number of rotatable bonds is 7. The van der Waals surface area contributed by atoms with Crippen molar-refractivity contribution < 1.29 is 23.5 Å². The van der Waals surface area contributed by atoms with E-state index in [1.54, 1.807) is 24.3 Å². The topological polar surface area (TPSA) is 64.6 Å². The molecule has 8 heteroatoms. The molecule has 0 bridgehead atoms. The molecule has 2 aromatic carbocycles. The van der Waals surface area contributed by atoms with Crippen molar-refractivity contribution in [3.05, 3.63) is 110 Å². The van der Waals surface area contributed by atoms with Crippen LogP contribution in [0, 0.1) is 5.82 Å². The fraction of sp³-hybridized carbons (Fsp3) is 0.241. The molecule has 2 aliphatic rings. The standard InChI is InChI=1S/C29H25ClFNO4S/c1-17-25(29(34)36-13-12-35-19-7-3-2-4-8-19)28(26-20(30)9-5-10-21(26)31)27-22(32-17)15-18(16-23(27)33)24-11-6-14-37-24/h2-11,14,18,28,32H,12-13,15-16H2,1H3/t18-,28-/m0/s1. The number of Topliss-reactive ketones (excluding diaryl/α,β-unsaturated/α-hetero) is 1. The van der Waals surface area contributed by atoms with Crippen LogP contribution in [0.4, 0.5) is 4.39 Å². The average Bonchev–Trinajstić information content (AvgIpc) is 3.42. The van der Waals surface area contributed by atoms with Crippen LogP contribution in [0.5, 0.6) is 5.75 Å². The van der Waals surface area contributed by atoms with E-state index in [-0.39, 0.29) is 47.5 Å². The third-order valence-electron chi connectivity index (χ3n) is 6.61. The molecule has 1 aromatic heterocycles. The molecular formula is C29H25ClFNO4S. The van der Waals surface area contributed by atoms with E-state index in [0.29, 0.717) is 29.1 Å². The maximum Gasteiger partial charge on any atom is 0.336 e. The number of hydrogen-bond donors (Lipinski definition) is 1. The highest BCUT2D eigenvalue weighted by Gasteiger charge is 2.43. The number of allylic oxidation sites excluding steroid dienone is 3. The van der Waals surface area contributed by atoms with Crippen molar-refractivity contribution in [2.45, 2.75) is 31.6 Å². The quantitative estimate of drug-likeness (QED) is 0.274. The zero-order valence-corrected chi connectivity index (χ0v) is 21.7. The zero-order valence-electron chi connectivity index (χ0n) is 20.1. The zero-order chi connectivity index (χ0) is 25.9. The van der Waals surface area contributed by atoms with Gasteiger partial charge in [0.25, 0.3) is 0 Å². The molecule has 0 fully saturated rings. The molecule has 1 aliphatic heterocycles. The first-order valence-corrected chi connectivity index (χ1v) is 13.3. The van der Waals surface area contributed by atoms with Gasteiger partial charge in [-0.2, -0.15) is 0 Å². The number of benzene rings is 2. The monoisotopic (exact) mass is 537 g/mol. The molecule has 5 nitrogen and oxygen atoms in total. The number of para-hydroxylation sites is 1. The third-order valence-corrected chi connectivity index (χ3v) is 7.97. The van der Waals surface area contributed by atoms with Crippen LogP contribution in [0.15, 0.2) is 88.6 Å². The number of carbonyl (C=O) groups is 2. The van der Waals surface area contributed by atoms with E-state index in [9.17, 15) is 9.59 Å². The molecule has 0 spiro atoms. The van der Waals surface area contributed by atoms with Gasteiger partial charge in [0.15, 0.2) is 5.78 Å². The predicted molar refractivity (Wildman–Crippen MR) is 141 cm³/mol. The van der Waals surface area contributed by atoms with E-state index >= 15 is 4.39 Å². The number of ketones is 1. The van der Waals surface area contributed by atoms with Gasteiger partial charge in [-0.3, -0.25) is 4.79 Å². The fourth-order valence-corrected chi connectivity index (χ4v) is 6.10. The summed E-state index contributed by atoms with van der Waals surface area (Å²) in [5.41, 5.74) is 1.86.